The summed E-state index contributed by atoms with van der Waals surface area (Å²) in [5.41, 5.74) is 5.16. The lowest BCUT2D eigenvalue weighted by Crippen LogP contribution is -2.53. The van der Waals surface area contributed by atoms with Crippen LogP contribution in [0.25, 0.3) is 0 Å². The van der Waals surface area contributed by atoms with Crippen LogP contribution in [-0.4, -0.2) is 22.7 Å². The Hall–Kier alpha value is -1.62. The highest BCUT2D eigenvalue weighted by molar-refractivity contribution is 5.78. The summed E-state index contributed by atoms with van der Waals surface area (Å²) >= 11 is 0. The first-order valence-electron chi connectivity index (χ1n) is 6.36. The van der Waals surface area contributed by atoms with E-state index in [1.165, 1.54) is 6.07 Å². The number of aryl methyl sites for hydroxylation is 1. The number of hydrogen-bond donors (Lipinski definition) is 2. The molecule has 2 unspecified atom stereocenters. The summed E-state index contributed by atoms with van der Waals surface area (Å²) in [6, 6.07) is 4.51. The van der Waals surface area contributed by atoms with Gasteiger partial charge in [0.05, 0.1) is 0 Å². The van der Waals surface area contributed by atoms with Crippen LogP contribution >= 0.6 is 0 Å². The average Bonchev–Trinajstić information content (AvgIpc) is 2.34. The first kappa shape index (κ1) is 13.8. The van der Waals surface area contributed by atoms with Crippen molar-refractivity contribution in [3.8, 4) is 5.75 Å². The van der Waals surface area contributed by atoms with Gasteiger partial charge in [-0.25, -0.2) is 4.39 Å². The Balaban J connectivity index is 2.06. The molecule has 0 bridgehead atoms. The van der Waals surface area contributed by atoms with Crippen molar-refractivity contribution < 1.29 is 19.0 Å². The number of hydrogen-bond acceptors (Lipinski definition) is 3. The maximum Gasteiger partial charge on any atom is 0.323 e. The Morgan fingerprint density at radius 1 is 1.58 bits per heavy atom. The summed E-state index contributed by atoms with van der Waals surface area (Å²) in [5.74, 6) is -0.718. The van der Waals surface area contributed by atoms with Crippen molar-refractivity contribution in [2.24, 2.45) is 5.73 Å². The van der Waals surface area contributed by atoms with Crippen molar-refractivity contribution in [3.63, 3.8) is 0 Å². The van der Waals surface area contributed by atoms with Crippen LogP contribution in [0.15, 0.2) is 18.2 Å². The van der Waals surface area contributed by atoms with Crippen LogP contribution in [0.3, 0.4) is 0 Å². The van der Waals surface area contributed by atoms with E-state index in [9.17, 15) is 9.18 Å². The minimum absolute atomic E-state index is 0.236. The number of carboxylic acids is 1. The van der Waals surface area contributed by atoms with E-state index in [2.05, 4.69) is 0 Å². The van der Waals surface area contributed by atoms with Gasteiger partial charge in [-0.3, -0.25) is 4.79 Å². The monoisotopic (exact) mass is 267 g/mol. The topological polar surface area (TPSA) is 72.5 Å². The summed E-state index contributed by atoms with van der Waals surface area (Å²) in [7, 11) is 0. The SMILES string of the molecule is Cc1cc(OC2CCCC(N)(C(=O)O)C2)ccc1F. The molecule has 1 aliphatic rings. The molecule has 0 amide bonds. The van der Waals surface area contributed by atoms with Gasteiger partial charge in [-0.2, -0.15) is 0 Å². The molecule has 1 aromatic carbocycles. The van der Waals surface area contributed by atoms with Crippen LogP contribution in [0.2, 0.25) is 0 Å². The maximum absolute atomic E-state index is 13.2. The van der Waals surface area contributed by atoms with Gasteiger partial charge in [0.1, 0.15) is 23.2 Å². The fourth-order valence-electron chi connectivity index (χ4n) is 2.43. The van der Waals surface area contributed by atoms with Gasteiger partial charge in [0.15, 0.2) is 0 Å². The number of halogens is 1. The number of nitrogens with two attached hydrogens (primary N) is 1. The predicted octanol–water partition coefficient (Wildman–Crippen LogP) is 2.24. The van der Waals surface area contributed by atoms with Gasteiger partial charge >= 0.3 is 5.97 Å². The lowest BCUT2D eigenvalue weighted by Gasteiger charge is -2.34. The largest absolute Gasteiger partial charge is 0.490 e. The summed E-state index contributed by atoms with van der Waals surface area (Å²) in [4.78, 5) is 11.1. The fraction of sp³-hybridized carbons (Fsp3) is 0.500. The van der Waals surface area contributed by atoms with Gasteiger partial charge in [0, 0.05) is 6.42 Å². The second-order valence-electron chi connectivity index (χ2n) is 5.21. The van der Waals surface area contributed by atoms with E-state index in [1.54, 1.807) is 19.1 Å². The molecule has 5 heteroatoms. The van der Waals surface area contributed by atoms with Crippen LogP contribution in [0.5, 0.6) is 5.75 Å². The molecule has 4 nitrogen and oxygen atoms in total. The van der Waals surface area contributed by atoms with E-state index >= 15 is 0 Å². The summed E-state index contributed by atoms with van der Waals surface area (Å²) in [6.07, 6.45) is 1.99. The number of carbonyl (C=O) groups is 1. The van der Waals surface area contributed by atoms with E-state index < -0.39 is 11.5 Å². The van der Waals surface area contributed by atoms with Crippen LogP contribution in [-0.2, 0) is 4.79 Å². The highest BCUT2D eigenvalue weighted by Gasteiger charge is 2.40. The Morgan fingerprint density at radius 3 is 2.95 bits per heavy atom. The smallest absolute Gasteiger partial charge is 0.323 e. The molecule has 0 saturated heterocycles. The molecule has 0 spiro atoms. The Kier molecular flexibility index (Phi) is 3.75. The first-order valence-corrected chi connectivity index (χ1v) is 6.36. The third-order valence-corrected chi connectivity index (χ3v) is 3.60. The van der Waals surface area contributed by atoms with Crippen molar-refractivity contribution in [3.05, 3.63) is 29.6 Å². The van der Waals surface area contributed by atoms with Crippen LogP contribution < -0.4 is 10.5 Å². The molecule has 3 N–H and O–H groups in total. The number of rotatable bonds is 3. The molecule has 0 heterocycles. The van der Waals surface area contributed by atoms with Gasteiger partial charge in [-0.05, 0) is 49.9 Å². The summed E-state index contributed by atoms with van der Waals surface area (Å²) < 4.78 is 18.9. The minimum Gasteiger partial charge on any atom is -0.490 e. The molecule has 1 aromatic rings. The molecule has 1 fully saturated rings. The van der Waals surface area contributed by atoms with Gasteiger partial charge in [-0.15, -0.1) is 0 Å². The minimum atomic E-state index is -1.21. The van der Waals surface area contributed by atoms with E-state index in [4.69, 9.17) is 15.6 Å². The van der Waals surface area contributed by atoms with Gasteiger partial charge in [-0.1, -0.05) is 0 Å². The van der Waals surface area contributed by atoms with Crippen molar-refractivity contribution in [1.82, 2.24) is 0 Å². The van der Waals surface area contributed by atoms with E-state index in [0.717, 1.165) is 6.42 Å². The van der Waals surface area contributed by atoms with E-state index in [0.29, 0.717) is 24.2 Å². The van der Waals surface area contributed by atoms with Crippen molar-refractivity contribution in [2.75, 3.05) is 0 Å². The molecule has 1 aliphatic carbocycles. The zero-order valence-electron chi connectivity index (χ0n) is 10.9. The van der Waals surface area contributed by atoms with Gasteiger partial charge in [0.25, 0.3) is 0 Å². The van der Waals surface area contributed by atoms with Gasteiger partial charge in [0.2, 0.25) is 0 Å². The molecular formula is C14H18FNO3. The molecule has 0 aliphatic heterocycles. The van der Waals surface area contributed by atoms with Crippen molar-refractivity contribution in [1.29, 1.82) is 0 Å². The lowest BCUT2D eigenvalue weighted by molar-refractivity contribution is -0.145. The molecule has 19 heavy (non-hydrogen) atoms. The third kappa shape index (κ3) is 3.04. The lowest BCUT2D eigenvalue weighted by atomic mass is 9.81. The first-order chi connectivity index (χ1) is 8.90. The summed E-state index contributed by atoms with van der Waals surface area (Å²) in [5, 5.41) is 9.13. The highest BCUT2D eigenvalue weighted by Crippen LogP contribution is 2.30. The zero-order chi connectivity index (χ0) is 14.0. The van der Waals surface area contributed by atoms with E-state index in [1.807, 2.05) is 0 Å². The second kappa shape index (κ2) is 5.17. The molecule has 2 rings (SSSR count). The molecule has 2 atom stereocenters. The molecule has 0 aromatic heterocycles. The Bertz CT molecular complexity index is 492. The third-order valence-electron chi connectivity index (χ3n) is 3.60. The highest BCUT2D eigenvalue weighted by atomic mass is 19.1. The van der Waals surface area contributed by atoms with Crippen LogP contribution in [0.4, 0.5) is 4.39 Å². The van der Waals surface area contributed by atoms with Gasteiger partial charge < -0.3 is 15.6 Å². The number of carboxylic acid groups (broad SMARTS) is 1. The Morgan fingerprint density at radius 2 is 2.32 bits per heavy atom. The Labute approximate surface area is 111 Å². The second-order valence-corrected chi connectivity index (χ2v) is 5.21. The standard InChI is InChI=1S/C14H18FNO3/c1-9-7-10(4-5-12(9)15)19-11-3-2-6-14(16,8-11)13(17)18/h4-5,7,11H,2-3,6,8,16H2,1H3,(H,17,18). The number of benzene rings is 1. The van der Waals surface area contributed by atoms with Crippen molar-refractivity contribution in [2.45, 2.75) is 44.2 Å². The maximum atomic E-state index is 13.2. The van der Waals surface area contributed by atoms with Crippen LogP contribution in [0.1, 0.15) is 31.2 Å². The quantitative estimate of drug-likeness (QED) is 0.881. The predicted molar refractivity (Wildman–Crippen MR) is 68.6 cm³/mol. The molecular weight excluding hydrogens is 249 g/mol. The molecule has 0 radical (unpaired) electrons. The van der Waals surface area contributed by atoms with Crippen LogP contribution in [0, 0.1) is 12.7 Å². The molecule has 1 saturated carbocycles. The van der Waals surface area contributed by atoms with Crippen molar-refractivity contribution >= 4 is 5.97 Å². The normalized spacial score (nSPS) is 27.0. The number of ether oxygens (including phenoxy) is 1. The summed E-state index contributed by atoms with van der Waals surface area (Å²) in [6.45, 7) is 1.66. The van der Waals surface area contributed by atoms with E-state index in [-0.39, 0.29) is 18.3 Å². The zero-order valence-corrected chi connectivity index (χ0v) is 10.9. The molecule has 104 valence electrons. The fourth-order valence-corrected chi connectivity index (χ4v) is 2.43. The number of aliphatic carboxylic acids is 1. The average molecular weight is 267 g/mol.